The van der Waals surface area contributed by atoms with Crippen LogP contribution in [0.1, 0.15) is 85.3 Å². The monoisotopic (exact) mass is 461 g/mol. The van der Waals surface area contributed by atoms with Gasteiger partial charge in [0.15, 0.2) is 5.43 Å². The van der Waals surface area contributed by atoms with Gasteiger partial charge in [0.25, 0.3) is 5.91 Å². The molecule has 0 radical (unpaired) electrons. The number of fused-ring (bicyclic) bond motifs is 2. The number of amides is 1. The van der Waals surface area contributed by atoms with Gasteiger partial charge in [-0.3, -0.25) is 9.59 Å². The van der Waals surface area contributed by atoms with Gasteiger partial charge in [0.2, 0.25) is 5.76 Å². The molecule has 3 aromatic rings. The number of aryl methyl sites for hydroxylation is 2. The smallest absolute Gasteiger partial charge is 0.290 e. The summed E-state index contributed by atoms with van der Waals surface area (Å²) in [4.78, 5) is 29.1. The van der Waals surface area contributed by atoms with Crippen LogP contribution in [0.3, 0.4) is 0 Å². The van der Waals surface area contributed by atoms with Crippen LogP contribution in [-0.4, -0.2) is 24.0 Å². The first-order valence-electron chi connectivity index (χ1n) is 12.4. The maximum absolute atomic E-state index is 13.8. The number of benzene rings is 2. The van der Waals surface area contributed by atoms with Gasteiger partial charge in [0.1, 0.15) is 11.3 Å². The maximum Gasteiger partial charge on any atom is 0.290 e. The Labute approximate surface area is 201 Å². The van der Waals surface area contributed by atoms with Gasteiger partial charge in [0.05, 0.1) is 23.6 Å². The largest absolute Gasteiger partial charge is 0.494 e. The van der Waals surface area contributed by atoms with Crippen LogP contribution in [0.25, 0.3) is 11.0 Å². The Hall–Kier alpha value is -3.08. The minimum absolute atomic E-state index is 0.120. The van der Waals surface area contributed by atoms with Gasteiger partial charge < -0.3 is 14.1 Å². The molecule has 1 atom stereocenters. The van der Waals surface area contributed by atoms with Crippen molar-refractivity contribution in [2.24, 2.45) is 5.92 Å². The first-order valence-corrected chi connectivity index (χ1v) is 12.4. The van der Waals surface area contributed by atoms with Gasteiger partial charge in [0, 0.05) is 6.54 Å². The lowest BCUT2D eigenvalue weighted by Gasteiger charge is -2.25. The summed E-state index contributed by atoms with van der Waals surface area (Å²) in [7, 11) is 0. The average Bonchev–Trinajstić information content (AvgIpc) is 3.07. The normalized spacial score (nSPS) is 15.4. The molecule has 1 aliphatic heterocycles. The first-order chi connectivity index (χ1) is 16.3. The van der Waals surface area contributed by atoms with Crippen LogP contribution in [0.2, 0.25) is 0 Å². The molecule has 34 heavy (non-hydrogen) atoms. The summed E-state index contributed by atoms with van der Waals surface area (Å²) < 4.78 is 12.2. The number of hydrogen-bond acceptors (Lipinski definition) is 4. The predicted molar refractivity (Wildman–Crippen MR) is 136 cm³/mol. The average molecular weight is 462 g/mol. The molecule has 180 valence electrons. The zero-order chi connectivity index (χ0) is 24.4. The SMILES string of the molecule is CCCCCN1C(=O)c2oc3c(C)cc(C)cc3c(=O)c2C1c1cccc(OCCC(C)C)c1. The molecule has 1 amide bonds. The van der Waals surface area contributed by atoms with Gasteiger partial charge in [-0.1, -0.05) is 51.8 Å². The molecule has 4 rings (SSSR count). The molecule has 2 heterocycles. The molecule has 0 N–H and O–H groups in total. The van der Waals surface area contributed by atoms with Crippen LogP contribution < -0.4 is 10.2 Å². The Balaban J connectivity index is 1.82. The summed E-state index contributed by atoms with van der Waals surface area (Å²) in [6.45, 7) is 11.6. The van der Waals surface area contributed by atoms with Gasteiger partial charge in [-0.15, -0.1) is 0 Å². The Bertz CT molecular complexity index is 1260. The zero-order valence-corrected chi connectivity index (χ0v) is 20.9. The fourth-order valence-corrected chi connectivity index (χ4v) is 4.77. The predicted octanol–water partition coefficient (Wildman–Crippen LogP) is 6.57. The highest BCUT2D eigenvalue weighted by Gasteiger charge is 2.42. The number of rotatable bonds is 9. The molecule has 0 saturated carbocycles. The van der Waals surface area contributed by atoms with Crippen molar-refractivity contribution in [3.05, 3.63) is 74.6 Å². The second-order valence-corrected chi connectivity index (χ2v) is 9.84. The molecular formula is C29H35NO4. The highest BCUT2D eigenvalue weighted by molar-refractivity contribution is 5.99. The summed E-state index contributed by atoms with van der Waals surface area (Å²) in [5, 5.41) is 0.536. The third kappa shape index (κ3) is 4.61. The molecule has 0 spiro atoms. The summed E-state index contributed by atoms with van der Waals surface area (Å²) >= 11 is 0. The second kappa shape index (κ2) is 10.0. The van der Waals surface area contributed by atoms with E-state index >= 15 is 0 Å². The summed E-state index contributed by atoms with van der Waals surface area (Å²) in [6, 6.07) is 11.2. The molecule has 2 aromatic carbocycles. The maximum atomic E-state index is 13.8. The highest BCUT2D eigenvalue weighted by Crippen LogP contribution is 2.39. The fourth-order valence-electron chi connectivity index (χ4n) is 4.77. The van der Waals surface area contributed by atoms with E-state index < -0.39 is 6.04 Å². The summed E-state index contributed by atoms with van der Waals surface area (Å²) in [5.41, 5.74) is 3.57. The van der Waals surface area contributed by atoms with Crippen LogP contribution in [0, 0.1) is 19.8 Å². The molecule has 5 heteroatoms. The second-order valence-electron chi connectivity index (χ2n) is 9.84. The lowest BCUT2D eigenvalue weighted by molar-refractivity contribution is 0.0724. The number of nitrogens with zero attached hydrogens (tertiary/aromatic N) is 1. The highest BCUT2D eigenvalue weighted by atomic mass is 16.5. The fraction of sp³-hybridized carbons (Fsp3) is 0.448. The van der Waals surface area contributed by atoms with E-state index in [1.54, 1.807) is 4.90 Å². The molecule has 0 fully saturated rings. The molecular weight excluding hydrogens is 426 g/mol. The third-order valence-corrected chi connectivity index (χ3v) is 6.54. The van der Waals surface area contributed by atoms with Crippen LogP contribution in [-0.2, 0) is 0 Å². The molecule has 5 nitrogen and oxygen atoms in total. The number of unbranched alkanes of at least 4 members (excludes halogenated alkanes) is 2. The lowest BCUT2D eigenvalue weighted by Crippen LogP contribution is -2.30. The van der Waals surface area contributed by atoms with Crippen molar-refractivity contribution in [1.82, 2.24) is 4.90 Å². The van der Waals surface area contributed by atoms with E-state index in [0.717, 1.165) is 48.1 Å². The molecule has 0 saturated heterocycles. The van der Waals surface area contributed by atoms with E-state index in [-0.39, 0.29) is 17.1 Å². The Morgan fingerprint density at radius 1 is 1.09 bits per heavy atom. The van der Waals surface area contributed by atoms with Gasteiger partial charge >= 0.3 is 0 Å². The topological polar surface area (TPSA) is 59.8 Å². The number of ether oxygens (including phenoxy) is 1. The van der Waals surface area contributed by atoms with Crippen LogP contribution in [0.4, 0.5) is 0 Å². The zero-order valence-electron chi connectivity index (χ0n) is 20.9. The van der Waals surface area contributed by atoms with Crippen molar-refractivity contribution in [3.63, 3.8) is 0 Å². The first kappa shape index (κ1) is 24.1. The number of carbonyl (C=O) groups excluding carboxylic acids is 1. The van der Waals surface area contributed by atoms with Crippen molar-refractivity contribution < 1.29 is 13.9 Å². The lowest BCUT2D eigenvalue weighted by atomic mass is 9.97. The van der Waals surface area contributed by atoms with Crippen LogP contribution in [0.5, 0.6) is 5.75 Å². The van der Waals surface area contributed by atoms with Crippen molar-refractivity contribution in [1.29, 1.82) is 0 Å². The van der Waals surface area contributed by atoms with E-state index in [1.165, 1.54) is 0 Å². The van der Waals surface area contributed by atoms with Crippen LogP contribution >= 0.6 is 0 Å². The van der Waals surface area contributed by atoms with E-state index in [1.807, 2.05) is 50.2 Å². The van der Waals surface area contributed by atoms with Crippen molar-refractivity contribution >= 4 is 16.9 Å². The Kier molecular flexibility index (Phi) is 7.11. The molecule has 0 bridgehead atoms. The van der Waals surface area contributed by atoms with Gasteiger partial charge in [-0.05, 0) is 67.5 Å². The third-order valence-electron chi connectivity index (χ3n) is 6.54. The van der Waals surface area contributed by atoms with E-state index in [9.17, 15) is 9.59 Å². The minimum Gasteiger partial charge on any atom is -0.494 e. The molecule has 1 aromatic heterocycles. The van der Waals surface area contributed by atoms with Gasteiger partial charge in [-0.25, -0.2) is 0 Å². The minimum atomic E-state index is -0.477. The Morgan fingerprint density at radius 3 is 2.62 bits per heavy atom. The Morgan fingerprint density at radius 2 is 1.88 bits per heavy atom. The molecule has 0 aliphatic carbocycles. The van der Waals surface area contributed by atoms with Crippen molar-refractivity contribution in [2.45, 2.75) is 66.3 Å². The number of hydrogen-bond donors (Lipinski definition) is 0. The van der Waals surface area contributed by atoms with E-state index in [4.69, 9.17) is 9.15 Å². The molecule has 1 unspecified atom stereocenters. The summed E-state index contributed by atoms with van der Waals surface area (Å²) in [5.74, 6) is 1.28. The van der Waals surface area contributed by atoms with E-state index in [2.05, 4.69) is 20.8 Å². The van der Waals surface area contributed by atoms with E-state index in [0.29, 0.717) is 35.6 Å². The standard InChI is InChI=1S/C29H35NO4/c1-6-7-8-13-30-25(21-10-9-11-22(17-21)33-14-12-18(2)3)24-26(31)23-16-19(4)15-20(5)27(23)34-28(24)29(30)32/h9-11,15-18,25H,6-8,12-14H2,1-5H3. The van der Waals surface area contributed by atoms with Crippen LogP contribution in [0.15, 0.2) is 45.6 Å². The van der Waals surface area contributed by atoms with Crippen molar-refractivity contribution in [2.75, 3.05) is 13.2 Å². The van der Waals surface area contributed by atoms with Crippen molar-refractivity contribution in [3.8, 4) is 5.75 Å². The molecule has 1 aliphatic rings. The number of carbonyl (C=O) groups is 1. The quantitative estimate of drug-likeness (QED) is 0.338. The summed E-state index contributed by atoms with van der Waals surface area (Å²) in [6.07, 6.45) is 3.92. The van der Waals surface area contributed by atoms with Gasteiger partial charge in [-0.2, -0.15) is 0 Å².